The second kappa shape index (κ2) is 7.11. The van der Waals surface area contributed by atoms with Gasteiger partial charge in [0, 0.05) is 36.0 Å². The Morgan fingerprint density at radius 2 is 2.09 bits per heavy atom. The molecular formula is C22H16ClF2N7O. The highest BCUT2D eigenvalue weighted by Gasteiger charge is 2.43. The Morgan fingerprint density at radius 3 is 2.82 bits per heavy atom. The molecule has 2 N–H and O–H groups in total. The van der Waals surface area contributed by atoms with E-state index in [2.05, 4.69) is 25.6 Å². The number of hydrogen-bond donors (Lipinski definition) is 2. The van der Waals surface area contributed by atoms with Gasteiger partial charge in [-0.3, -0.25) is 14.6 Å². The number of imidazole rings is 1. The van der Waals surface area contributed by atoms with Gasteiger partial charge >= 0.3 is 0 Å². The van der Waals surface area contributed by atoms with E-state index in [1.165, 1.54) is 0 Å². The van der Waals surface area contributed by atoms with Crippen molar-refractivity contribution in [1.29, 1.82) is 0 Å². The van der Waals surface area contributed by atoms with Crippen LogP contribution in [0.1, 0.15) is 6.42 Å². The first kappa shape index (κ1) is 19.9. The zero-order valence-electron chi connectivity index (χ0n) is 17.2. The van der Waals surface area contributed by atoms with Gasteiger partial charge in [-0.15, -0.1) is 0 Å². The lowest BCUT2D eigenvalue weighted by atomic mass is 9.98. The molecule has 1 aliphatic rings. The fourth-order valence-corrected chi connectivity index (χ4v) is 4.42. The summed E-state index contributed by atoms with van der Waals surface area (Å²) in [6.07, 6.45) is 5.69. The number of carbonyl (C=O) groups is 1. The zero-order valence-corrected chi connectivity index (χ0v) is 17.9. The van der Waals surface area contributed by atoms with E-state index in [1.807, 2.05) is 0 Å². The Morgan fingerprint density at radius 1 is 1.27 bits per heavy atom. The number of H-pyrrole nitrogens is 1. The topological polar surface area (TPSA) is 92.9 Å². The lowest BCUT2D eigenvalue weighted by molar-refractivity contribution is -0.117. The number of nitrogens with zero attached hydrogens (tertiary/aromatic N) is 5. The van der Waals surface area contributed by atoms with E-state index in [9.17, 15) is 9.18 Å². The molecule has 4 heterocycles. The maximum atomic E-state index is 15.6. The number of alkyl halides is 1. The molecule has 166 valence electrons. The van der Waals surface area contributed by atoms with Crippen molar-refractivity contribution >= 4 is 39.9 Å². The Labute approximate surface area is 190 Å². The molecule has 8 nitrogen and oxygen atoms in total. The highest BCUT2D eigenvalue weighted by molar-refractivity contribution is 6.36. The summed E-state index contributed by atoms with van der Waals surface area (Å²) in [5.41, 5.74) is 3.02. The average Bonchev–Trinajstić information content (AvgIpc) is 3.16. The first-order valence-corrected chi connectivity index (χ1v) is 10.6. The molecule has 2 atom stereocenters. The van der Waals surface area contributed by atoms with Crippen LogP contribution in [0, 0.1) is 11.7 Å². The van der Waals surface area contributed by atoms with Crippen LogP contribution in [-0.4, -0.2) is 41.4 Å². The fraction of sp³-hybridized carbons (Fsp3) is 0.182. The van der Waals surface area contributed by atoms with Gasteiger partial charge in [-0.1, -0.05) is 11.6 Å². The SMILES string of the molecule is Cn1nccc1-c1c(F)c(Cl)c(-c2ccc3nc(NC(=O)[C@@H]4C[C@@H]4F)cn3c2)c2cn[nH]c12. The van der Waals surface area contributed by atoms with Gasteiger partial charge in [0.25, 0.3) is 0 Å². The first-order chi connectivity index (χ1) is 15.9. The summed E-state index contributed by atoms with van der Waals surface area (Å²) < 4.78 is 32.0. The molecule has 0 bridgehead atoms. The number of halogens is 3. The van der Waals surface area contributed by atoms with Gasteiger partial charge < -0.3 is 9.72 Å². The van der Waals surface area contributed by atoms with Crippen molar-refractivity contribution in [2.45, 2.75) is 12.6 Å². The maximum absolute atomic E-state index is 15.6. The summed E-state index contributed by atoms with van der Waals surface area (Å²) >= 11 is 6.55. The predicted molar refractivity (Wildman–Crippen MR) is 119 cm³/mol. The molecule has 11 heteroatoms. The van der Waals surface area contributed by atoms with E-state index < -0.39 is 17.9 Å². The van der Waals surface area contributed by atoms with Gasteiger partial charge in [0.05, 0.1) is 40.1 Å². The third-order valence-electron chi connectivity index (χ3n) is 5.91. The van der Waals surface area contributed by atoms with Gasteiger partial charge in [0.2, 0.25) is 5.91 Å². The molecule has 0 radical (unpaired) electrons. The Kier molecular flexibility index (Phi) is 4.28. The average molecular weight is 468 g/mol. The number of carbonyl (C=O) groups excluding carboxylic acids is 1. The van der Waals surface area contributed by atoms with Crippen molar-refractivity contribution < 1.29 is 13.6 Å². The van der Waals surface area contributed by atoms with Crippen molar-refractivity contribution in [1.82, 2.24) is 29.4 Å². The molecule has 33 heavy (non-hydrogen) atoms. The van der Waals surface area contributed by atoms with Crippen molar-refractivity contribution in [3.8, 4) is 22.4 Å². The molecular weight excluding hydrogens is 452 g/mol. The van der Waals surface area contributed by atoms with Crippen LogP contribution in [0.2, 0.25) is 5.02 Å². The highest BCUT2D eigenvalue weighted by Crippen LogP contribution is 2.42. The van der Waals surface area contributed by atoms with Crippen LogP contribution in [0.4, 0.5) is 14.6 Å². The Balaban J connectivity index is 1.46. The number of fused-ring (bicyclic) bond motifs is 2. The summed E-state index contributed by atoms with van der Waals surface area (Å²) in [7, 11) is 1.72. The van der Waals surface area contributed by atoms with Crippen molar-refractivity contribution in [2.24, 2.45) is 13.0 Å². The number of amides is 1. The smallest absolute Gasteiger partial charge is 0.231 e. The number of aromatic amines is 1. The standard InChI is InChI=1S/C22H16ClF2N7O/c1-31-14(4-5-27-31)18-20(25)19(23)17(12-7-26-30-21(12)18)10-2-3-16-28-15(9-32(16)8-10)29-22(33)11-6-13(11)24/h2-5,7-9,11,13H,6H2,1H3,(H,26,30)(H,29,33)/t11-,13+/m1/s1. The number of anilines is 1. The largest absolute Gasteiger partial charge is 0.309 e. The first-order valence-electron chi connectivity index (χ1n) is 10.2. The van der Waals surface area contributed by atoms with Crippen molar-refractivity contribution in [3.63, 3.8) is 0 Å². The molecule has 1 fully saturated rings. The summed E-state index contributed by atoms with van der Waals surface area (Å²) in [6.45, 7) is 0. The van der Waals surface area contributed by atoms with Gasteiger partial charge in [0.1, 0.15) is 11.8 Å². The van der Waals surface area contributed by atoms with Crippen LogP contribution >= 0.6 is 11.6 Å². The summed E-state index contributed by atoms with van der Waals surface area (Å²) in [6, 6.07) is 5.20. The molecule has 1 amide bonds. The van der Waals surface area contributed by atoms with Crippen LogP contribution in [0.5, 0.6) is 0 Å². The molecule has 0 unspecified atom stereocenters. The third kappa shape index (κ3) is 3.09. The molecule has 1 aliphatic carbocycles. The van der Waals surface area contributed by atoms with Gasteiger partial charge in [0.15, 0.2) is 11.6 Å². The maximum Gasteiger partial charge on any atom is 0.231 e. The molecule has 1 saturated carbocycles. The number of benzene rings is 1. The number of pyridine rings is 1. The quantitative estimate of drug-likeness (QED) is 0.410. The number of nitrogens with one attached hydrogen (secondary N) is 2. The molecule has 0 spiro atoms. The minimum atomic E-state index is -1.09. The lowest BCUT2D eigenvalue weighted by Crippen LogP contribution is -2.15. The number of hydrogen-bond acceptors (Lipinski definition) is 4. The second-order valence-corrected chi connectivity index (χ2v) is 8.41. The predicted octanol–water partition coefficient (Wildman–Crippen LogP) is 4.37. The van der Waals surface area contributed by atoms with Crippen LogP contribution in [-0.2, 0) is 11.8 Å². The van der Waals surface area contributed by atoms with E-state index in [1.54, 1.807) is 59.1 Å². The molecule has 6 rings (SSSR count). The van der Waals surface area contributed by atoms with Crippen LogP contribution in [0.15, 0.2) is 43.0 Å². The van der Waals surface area contributed by atoms with Crippen molar-refractivity contribution in [3.05, 3.63) is 53.8 Å². The third-order valence-corrected chi connectivity index (χ3v) is 6.26. The minimum Gasteiger partial charge on any atom is -0.309 e. The van der Waals surface area contributed by atoms with E-state index >= 15 is 4.39 Å². The molecule has 0 aliphatic heterocycles. The molecule has 5 aromatic rings. The van der Waals surface area contributed by atoms with E-state index in [0.717, 1.165) is 0 Å². The van der Waals surface area contributed by atoms with Crippen LogP contribution < -0.4 is 5.32 Å². The van der Waals surface area contributed by atoms with Gasteiger partial charge in [-0.05, 0) is 24.6 Å². The van der Waals surface area contributed by atoms with Crippen LogP contribution in [0.25, 0.3) is 38.9 Å². The number of rotatable bonds is 4. The fourth-order valence-electron chi connectivity index (χ4n) is 4.11. The van der Waals surface area contributed by atoms with Gasteiger partial charge in [-0.2, -0.15) is 10.2 Å². The summed E-state index contributed by atoms with van der Waals surface area (Å²) in [5, 5.41) is 14.4. The summed E-state index contributed by atoms with van der Waals surface area (Å²) in [5.74, 6) is -1.27. The number of aromatic nitrogens is 6. The summed E-state index contributed by atoms with van der Waals surface area (Å²) in [4.78, 5) is 16.4. The van der Waals surface area contributed by atoms with E-state index in [0.29, 0.717) is 39.2 Å². The van der Waals surface area contributed by atoms with Crippen molar-refractivity contribution in [2.75, 3.05) is 5.32 Å². The van der Waals surface area contributed by atoms with E-state index in [-0.39, 0.29) is 22.9 Å². The second-order valence-electron chi connectivity index (χ2n) is 8.03. The van der Waals surface area contributed by atoms with Gasteiger partial charge in [-0.25, -0.2) is 13.8 Å². The number of aryl methyl sites for hydroxylation is 1. The Bertz CT molecular complexity index is 1570. The Hall–Kier alpha value is -3.79. The zero-order chi connectivity index (χ0) is 22.9. The molecule has 1 aromatic carbocycles. The molecule has 0 saturated heterocycles. The normalized spacial score (nSPS) is 17.7. The highest BCUT2D eigenvalue weighted by atomic mass is 35.5. The van der Waals surface area contributed by atoms with E-state index in [4.69, 9.17) is 11.6 Å². The monoisotopic (exact) mass is 467 g/mol. The minimum absolute atomic E-state index is 0.0455. The molecule has 4 aromatic heterocycles. The van der Waals surface area contributed by atoms with Crippen LogP contribution in [0.3, 0.4) is 0 Å². The lowest BCUT2D eigenvalue weighted by Gasteiger charge is -2.13.